The van der Waals surface area contributed by atoms with Gasteiger partial charge in [-0.2, -0.15) is 9.57 Å². The number of nitriles is 1. The molecule has 0 saturated carbocycles. The quantitative estimate of drug-likeness (QED) is 0.737. The Morgan fingerprint density at radius 1 is 1.47 bits per heavy atom. The van der Waals surface area contributed by atoms with Gasteiger partial charge in [0.1, 0.15) is 0 Å². The smallest absolute Gasteiger partial charge is 0.230 e. The molecule has 0 bridgehead atoms. The first kappa shape index (κ1) is 14.4. The molecule has 1 fully saturated rings. The fourth-order valence-electron chi connectivity index (χ4n) is 2.33. The molecule has 1 saturated heterocycles. The van der Waals surface area contributed by atoms with Crippen LogP contribution in [0.3, 0.4) is 0 Å². The molecule has 1 heterocycles. The number of hydrogen-bond acceptors (Lipinski definition) is 4. The average Bonchev–Trinajstić information content (AvgIpc) is 2.62. The SMILES string of the molecule is CCC(C#N)S(=O)(=O)N1CC(C)C(N(C)C)C1. The van der Waals surface area contributed by atoms with Crippen LogP contribution in [0.2, 0.25) is 0 Å². The third-order valence-corrected chi connectivity index (χ3v) is 5.61. The molecule has 1 rings (SSSR count). The van der Waals surface area contributed by atoms with E-state index in [4.69, 9.17) is 5.26 Å². The predicted octanol–water partition coefficient (Wildman–Crippen LogP) is 0.500. The van der Waals surface area contributed by atoms with E-state index in [1.165, 1.54) is 4.31 Å². The van der Waals surface area contributed by atoms with Gasteiger partial charge in [-0.05, 0) is 26.4 Å². The van der Waals surface area contributed by atoms with Gasteiger partial charge >= 0.3 is 0 Å². The van der Waals surface area contributed by atoms with Crippen molar-refractivity contribution in [2.45, 2.75) is 31.6 Å². The van der Waals surface area contributed by atoms with Crippen molar-refractivity contribution in [2.24, 2.45) is 5.92 Å². The Bertz CT molecular complexity index is 399. The molecule has 17 heavy (non-hydrogen) atoms. The van der Waals surface area contributed by atoms with Gasteiger partial charge in [0.2, 0.25) is 10.0 Å². The van der Waals surface area contributed by atoms with Crippen LogP contribution in [-0.4, -0.2) is 56.1 Å². The van der Waals surface area contributed by atoms with Crippen LogP contribution in [0, 0.1) is 17.2 Å². The molecule has 0 aromatic heterocycles. The third-order valence-electron chi connectivity index (χ3n) is 3.44. The number of likely N-dealkylation sites (N-methyl/N-ethyl adjacent to an activating group) is 1. The lowest BCUT2D eigenvalue weighted by molar-refractivity contribution is 0.263. The average molecular weight is 259 g/mol. The summed E-state index contributed by atoms with van der Waals surface area (Å²) in [6.45, 7) is 4.79. The summed E-state index contributed by atoms with van der Waals surface area (Å²) in [5, 5.41) is 7.99. The predicted molar refractivity (Wildman–Crippen MR) is 66.8 cm³/mol. The van der Waals surface area contributed by atoms with E-state index in [2.05, 4.69) is 0 Å². The maximum Gasteiger partial charge on any atom is 0.230 e. The van der Waals surface area contributed by atoms with Crippen molar-refractivity contribution in [2.75, 3.05) is 27.2 Å². The van der Waals surface area contributed by atoms with Gasteiger partial charge in [0.05, 0.1) is 6.07 Å². The lowest BCUT2D eigenvalue weighted by Crippen LogP contribution is -2.39. The number of nitrogens with zero attached hydrogens (tertiary/aromatic N) is 3. The van der Waals surface area contributed by atoms with Crippen LogP contribution in [0.15, 0.2) is 0 Å². The zero-order chi connectivity index (χ0) is 13.2. The molecule has 3 atom stereocenters. The van der Waals surface area contributed by atoms with Crippen molar-refractivity contribution in [1.82, 2.24) is 9.21 Å². The van der Waals surface area contributed by atoms with Gasteiger partial charge in [-0.25, -0.2) is 8.42 Å². The van der Waals surface area contributed by atoms with Crippen LogP contribution in [0.5, 0.6) is 0 Å². The topological polar surface area (TPSA) is 64.4 Å². The minimum atomic E-state index is -3.45. The molecule has 0 radical (unpaired) electrons. The van der Waals surface area contributed by atoms with Crippen LogP contribution < -0.4 is 0 Å². The number of rotatable bonds is 4. The molecule has 1 aliphatic rings. The number of sulfonamides is 1. The normalized spacial score (nSPS) is 28.2. The summed E-state index contributed by atoms with van der Waals surface area (Å²) in [7, 11) is 0.460. The zero-order valence-corrected chi connectivity index (χ0v) is 11.7. The summed E-state index contributed by atoms with van der Waals surface area (Å²) >= 11 is 0. The van der Waals surface area contributed by atoms with Crippen molar-refractivity contribution in [3.8, 4) is 6.07 Å². The molecular weight excluding hydrogens is 238 g/mol. The Labute approximate surface area is 104 Å². The van der Waals surface area contributed by atoms with E-state index in [1.54, 1.807) is 6.92 Å². The molecule has 0 aliphatic carbocycles. The van der Waals surface area contributed by atoms with Gasteiger partial charge < -0.3 is 4.90 Å². The molecule has 0 spiro atoms. The fraction of sp³-hybridized carbons (Fsp3) is 0.909. The van der Waals surface area contributed by atoms with Gasteiger partial charge in [0, 0.05) is 19.1 Å². The first-order chi connectivity index (χ1) is 7.84. The lowest BCUT2D eigenvalue weighted by Gasteiger charge is -2.23. The van der Waals surface area contributed by atoms with Crippen LogP contribution in [0.4, 0.5) is 0 Å². The second-order valence-corrected chi connectivity index (χ2v) is 7.01. The highest BCUT2D eigenvalue weighted by atomic mass is 32.2. The number of hydrogen-bond donors (Lipinski definition) is 0. The van der Waals surface area contributed by atoms with Crippen molar-refractivity contribution >= 4 is 10.0 Å². The minimum absolute atomic E-state index is 0.237. The molecule has 1 aliphatic heterocycles. The first-order valence-corrected chi connectivity index (χ1v) is 7.39. The van der Waals surface area contributed by atoms with Crippen molar-refractivity contribution < 1.29 is 8.42 Å². The molecule has 0 N–H and O–H groups in total. The second kappa shape index (κ2) is 5.34. The highest BCUT2D eigenvalue weighted by Crippen LogP contribution is 2.25. The summed E-state index contributed by atoms with van der Waals surface area (Å²) < 4.78 is 25.9. The Morgan fingerprint density at radius 2 is 2.06 bits per heavy atom. The van der Waals surface area contributed by atoms with Gasteiger partial charge in [-0.15, -0.1) is 0 Å². The highest BCUT2D eigenvalue weighted by molar-refractivity contribution is 7.90. The molecule has 0 aromatic rings. The van der Waals surface area contributed by atoms with Crippen molar-refractivity contribution in [3.63, 3.8) is 0 Å². The monoisotopic (exact) mass is 259 g/mol. The molecular formula is C11H21N3O2S. The van der Waals surface area contributed by atoms with E-state index in [1.807, 2.05) is 32.0 Å². The Kier molecular flexibility index (Phi) is 4.53. The Hall–Kier alpha value is -0.640. The standard InChI is InChI=1S/C11H21N3O2S/c1-5-10(6-12)17(15,16)14-7-9(2)11(8-14)13(3)4/h9-11H,5,7-8H2,1-4H3. The molecule has 0 amide bonds. The summed E-state index contributed by atoms with van der Waals surface area (Å²) in [4.78, 5) is 2.05. The van der Waals surface area contributed by atoms with Crippen molar-refractivity contribution in [1.29, 1.82) is 5.26 Å². The Morgan fingerprint density at radius 3 is 2.41 bits per heavy atom. The summed E-state index contributed by atoms with van der Waals surface area (Å²) in [6.07, 6.45) is 0.344. The molecule has 3 unspecified atom stereocenters. The van der Waals surface area contributed by atoms with E-state index in [0.717, 1.165) is 0 Å². The minimum Gasteiger partial charge on any atom is -0.305 e. The van der Waals surface area contributed by atoms with Gasteiger partial charge in [0.15, 0.2) is 5.25 Å². The van der Waals surface area contributed by atoms with Gasteiger partial charge in [0.25, 0.3) is 0 Å². The summed E-state index contributed by atoms with van der Waals surface area (Å²) in [5.41, 5.74) is 0. The fourth-order valence-corrected chi connectivity index (χ4v) is 4.05. The van der Waals surface area contributed by atoms with Crippen LogP contribution in [-0.2, 0) is 10.0 Å². The van der Waals surface area contributed by atoms with Crippen LogP contribution in [0.1, 0.15) is 20.3 Å². The first-order valence-electron chi connectivity index (χ1n) is 5.89. The van der Waals surface area contributed by atoms with E-state index in [9.17, 15) is 8.42 Å². The maximum atomic E-state index is 12.2. The molecule has 98 valence electrons. The van der Waals surface area contributed by atoms with Gasteiger partial charge in [-0.3, -0.25) is 0 Å². The highest BCUT2D eigenvalue weighted by Gasteiger charge is 2.40. The van der Waals surface area contributed by atoms with E-state index < -0.39 is 15.3 Å². The molecule has 6 heteroatoms. The summed E-state index contributed by atoms with van der Waals surface area (Å²) in [6, 6.07) is 2.12. The molecule has 0 aromatic carbocycles. The molecule has 5 nitrogen and oxygen atoms in total. The Balaban J connectivity index is 2.87. The summed E-state index contributed by atoms with van der Waals surface area (Å²) in [5.74, 6) is 0.302. The second-order valence-electron chi connectivity index (χ2n) is 4.90. The van der Waals surface area contributed by atoms with Crippen LogP contribution >= 0.6 is 0 Å². The van der Waals surface area contributed by atoms with E-state index in [0.29, 0.717) is 25.4 Å². The van der Waals surface area contributed by atoms with E-state index in [-0.39, 0.29) is 6.04 Å². The maximum absolute atomic E-state index is 12.2. The zero-order valence-electron chi connectivity index (χ0n) is 10.9. The van der Waals surface area contributed by atoms with E-state index >= 15 is 0 Å². The van der Waals surface area contributed by atoms with Crippen LogP contribution in [0.25, 0.3) is 0 Å². The lowest BCUT2D eigenvalue weighted by atomic mass is 10.1. The van der Waals surface area contributed by atoms with Crippen molar-refractivity contribution in [3.05, 3.63) is 0 Å². The third kappa shape index (κ3) is 2.79. The largest absolute Gasteiger partial charge is 0.305 e. The van der Waals surface area contributed by atoms with Gasteiger partial charge in [-0.1, -0.05) is 13.8 Å².